The molecular weight excluding hydrogens is 364 g/mol. The summed E-state index contributed by atoms with van der Waals surface area (Å²) in [7, 11) is 1.64. The van der Waals surface area contributed by atoms with E-state index in [2.05, 4.69) is 5.32 Å². The molecule has 1 N–H and O–H groups in total. The molecular formula is C24H32N2O3. The molecule has 5 nitrogen and oxygen atoms in total. The van der Waals surface area contributed by atoms with Crippen LogP contribution in [0.4, 0.5) is 0 Å². The Morgan fingerprint density at radius 1 is 1.10 bits per heavy atom. The van der Waals surface area contributed by atoms with E-state index in [4.69, 9.17) is 4.74 Å². The fraction of sp³-hybridized carbons (Fsp3) is 0.667. The molecule has 2 amide bonds. The molecule has 4 aliphatic carbocycles. The molecule has 5 fully saturated rings. The maximum absolute atomic E-state index is 13.7. The summed E-state index contributed by atoms with van der Waals surface area (Å²) in [6.45, 7) is 1.16. The van der Waals surface area contributed by atoms with Crippen molar-refractivity contribution in [2.75, 3.05) is 13.7 Å². The monoisotopic (exact) mass is 396 g/mol. The number of ether oxygens (including phenoxy) is 1. The molecule has 1 atom stereocenters. The van der Waals surface area contributed by atoms with Gasteiger partial charge in [0.05, 0.1) is 12.5 Å². The summed E-state index contributed by atoms with van der Waals surface area (Å²) < 4.78 is 5.38. The number of amides is 2. The van der Waals surface area contributed by atoms with E-state index in [1.54, 1.807) is 7.11 Å². The zero-order valence-electron chi connectivity index (χ0n) is 17.4. The van der Waals surface area contributed by atoms with Crippen LogP contribution in [-0.2, 0) is 16.1 Å². The van der Waals surface area contributed by atoms with Crippen LogP contribution in [-0.4, -0.2) is 36.4 Å². The molecule has 29 heavy (non-hydrogen) atoms. The van der Waals surface area contributed by atoms with Gasteiger partial charge >= 0.3 is 0 Å². The molecule has 1 aromatic carbocycles. The third-order valence-electron chi connectivity index (χ3n) is 7.95. The van der Waals surface area contributed by atoms with Crippen LogP contribution in [0.15, 0.2) is 24.3 Å². The molecule has 0 spiro atoms. The van der Waals surface area contributed by atoms with Crippen molar-refractivity contribution in [3.63, 3.8) is 0 Å². The van der Waals surface area contributed by atoms with E-state index in [1.807, 2.05) is 29.2 Å². The Labute approximate surface area is 173 Å². The average molecular weight is 397 g/mol. The lowest BCUT2D eigenvalue weighted by molar-refractivity contribution is -0.160. The Hall–Kier alpha value is -2.04. The number of para-hydroxylation sites is 1. The second kappa shape index (κ2) is 7.33. The summed E-state index contributed by atoms with van der Waals surface area (Å²) in [6.07, 6.45) is 8.86. The molecule has 1 aliphatic heterocycles. The molecule has 156 valence electrons. The SMILES string of the molecule is COc1ccccc1CNC(=O)C1CCCN1C(=O)C12CC3CC(CC(C3)C1)C2. The third-order valence-corrected chi connectivity index (χ3v) is 7.95. The van der Waals surface area contributed by atoms with Gasteiger partial charge in [0.1, 0.15) is 11.8 Å². The first-order valence-corrected chi connectivity index (χ1v) is 11.3. The number of nitrogens with zero attached hydrogens (tertiary/aromatic N) is 1. The van der Waals surface area contributed by atoms with Crippen LogP contribution in [0.5, 0.6) is 5.75 Å². The van der Waals surface area contributed by atoms with Gasteiger partial charge in [0, 0.05) is 18.7 Å². The fourth-order valence-electron chi connectivity index (χ4n) is 7.11. The number of nitrogens with one attached hydrogen (secondary N) is 1. The number of rotatable bonds is 5. The normalized spacial score (nSPS) is 35.0. The highest BCUT2D eigenvalue weighted by Crippen LogP contribution is 2.60. The maximum atomic E-state index is 13.7. The molecule has 1 heterocycles. The van der Waals surface area contributed by atoms with Crippen molar-refractivity contribution in [1.29, 1.82) is 0 Å². The lowest BCUT2D eigenvalue weighted by Crippen LogP contribution is -2.57. The standard InChI is InChI=1S/C24H32N2O3/c1-29-21-7-3-2-5-19(21)15-25-22(27)20-6-4-8-26(20)23(28)24-12-16-9-17(13-24)11-18(10-16)14-24/h2-3,5,7,16-18,20H,4,6,8-15H2,1H3,(H,25,27). The van der Waals surface area contributed by atoms with Crippen molar-refractivity contribution in [2.45, 2.75) is 64.0 Å². The molecule has 1 saturated heterocycles. The number of methoxy groups -OCH3 is 1. The highest BCUT2D eigenvalue weighted by Gasteiger charge is 2.56. The van der Waals surface area contributed by atoms with Crippen LogP contribution in [0.3, 0.4) is 0 Å². The van der Waals surface area contributed by atoms with E-state index in [0.717, 1.165) is 67.7 Å². The molecule has 1 aromatic rings. The van der Waals surface area contributed by atoms with Gasteiger partial charge in [-0.1, -0.05) is 18.2 Å². The lowest BCUT2D eigenvalue weighted by atomic mass is 9.49. The van der Waals surface area contributed by atoms with Crippen LogP contribution in [0, 0.1) is 23.2 Å². The summed E-state index contributed by atoms with van der Waals surface area (Å²) in [5.41, 5.74) is 0.792. The van der Waals surface area contributed by atoms with Crippen LogP contribution < -0.4 is 10.1 Å². The number of benzene rings is 1. The smallest absolute Gasteiger partial charge is 0.243 e. The third kappa shape index (κ3) is 3.32. The van der Waals surface area contributed by atoms with Crippen LogP contribution in [0.2, 0.25) is 0 Å². The van der Waals surface area contributed by atoms with Crippen LogP contribution in [0.1, 0.15) is 56.9 Å². The van der Waals surface area contributed by atoms with Crippen molar-refractivity contribution in [3.05, 3.63) is 29.8 Å². The van der Waals surface area contributed by atoms with E-state index in [0.29, 0.717) is 6.54 Å². The number of carbonyl (C=O) groups excluding carboxylic acids is 2. The number of carbonyl (C=O) groups is 2. The fourth-order valence-corrected chi connectivity index (χ4v) is 7.11. The van der Waals surface area contributed by atoms with Gasteiger partial charge in [0.15, 0.2) is 0 Å². The lowest BCUT2D eigenvalue weighted by Gasteiger charge is -2.56. The highest BCUT2D eigenvalue weighted by molar-refractivity contribution is 5.91. The van der Waals surface area contributed by atoms with Crippen molar-refractivity contribution in [1.82, 2.24) is 10.2 Å². The largest absolute Gasteiger partial charge is 0.496 e. The Kier molecular flexibility index (Phi) is 4.79. The first kappa shape index (κ1) is 19.0. The Balaban J connectivity index is 1.27. The predicted octanol–water partition coefficient (Wildman–Crippen LogP) is 3.52. The Morgan fingerprint density at radius 2 is 1.76 bits per heavy atom. The maximum Gasteiger partial charge on any atom is 0.243 e. The molecule has 1 unspecified atom stereocenters. The zero-order chi connectivity index (χ0) is 20.0. The summed E-state index contributed by atoms with van der Waals surface area (Å²) >= 11 is 0. The van der Waals surface area contributed by atoms with Crippen LogP contribution in [0.25, 0.3) is 0 Å². The van der Waals surface area contributed by atoms with E-state index >= 15 is 0 Å². The summed E-state index contributed by atoms with van der Waals surface area (Å²) in [5.74, 6) is 3.26. The van der Waals surface area contributed by atoms with E-state index in [1.165, 1.54) is 19.3 Å². The van der Waals surface area contributed by atoms with Gasteiger partial charge in [-0.05, 0) is 75.2 Å². The van der Waals surface area contributed by atoms with E-state index in [-0.39, 0.29) is 23.3 Å². The van der Waals surface area contributed by atoms with Gasteiger partial charge in [0.25, 0.3) is 0 Å². The summed E-state index contributed by atoms with van der Waals surface area (Å²) in [5, 5.41) is 3.06. The minimum atomic E-state index is -0.315. The van der Waals surface area contributed by atoms with E-state index in [9.17, 15) is 9.59 Å². The van der Waals surface area contributed by atoms with E-state index < -0.39 is 0 Å². The molecule has 6 rings (SSSR count). The van der Waals surface area contributed by atoms with Gasteiger partial charge in [-0.3, -0.25) is 9.59 Å². The molecule has 5 aliphatic rings. The second-order valence-corrected chi connectivity index (χ2v) is 9.88. The molecule has 4 bridgehead atoms. The van der Waals surface area contributed by atoms with Gasteiger partial charge in [-0.2, -0.15) is 0 Å². The second-order valence-electron chi connectivity index (χ2n) is 9.88. The minimum Gasteiger partial charge on any atom is -0.496 e. The average Bonchev–Trinajstić information content (AvgIpc) is 3.20. The van der Waals surface area contributed by atoms with Gasteiger partial charge in [0.2, 0.25) is 11.8 Å². The minimum absolute atomic E-state index is 0.0218. The summed E-state index contributed by atoms with van der Waals surface area (Å²) in [6, 6.07) is 7.42. The Bertz CT molecular complexity index is 770. The molecule has 0 aromatic heterocycles. The first-order valence-electron chi connectivity index (χ1n) is 11.3. The molecule has 5 heteroatoms. The van der Waals surface area contributed by atoms with Crippen molar-refractivity contribution >= 4 is 11.8 Å². The van der Waals surface area contributed by atoms with Gasteiger partial charge in [-0.25, -0.2) is 0 Å². The van der Waals surface area contributed by atoms with Gasteiger partial charge in [-0.15, -0.1) is 0 Å². The van der Waals surface area contributed by atoms with Crippen molar-refractivity contribution in [2.24, 2.45) is 23.2 Å². The first-order chi connectivity index (χ1) is 14.1. The topological polar surface area (TPSA) is 58.6 Å². The van der Waals surface area contributed by atoms with Gasteiger partial charge < -0.3 is 15.0 Å². The quantitative estimate of drug-likeness (QED) is 0.828. The van der Waals surface area contributed by atoms with Crippen molar-refractivity contribution < 1.29 is 14.3 Å². The van der Waals surface area contributed by atoms with Crippen LogP contribution >= 0.6 is 0 Å². The summed E-state index contributed by atoms with van der Waals surface area (Å²) in [4.78, 5) is 28.7. The van der Waals surface area contributed by atoms with Crippen molar-refractivity contribution in [3.8, 4) is 5.75 Å². The number of hydrogen-bond donors (Lipinski definition) is 1. The number of likely N-dealkylation sites (tertiary alicyclic amines) is 1. The zero-order valence-corrected chi connectivity index (χ0v) is 17.4. The molecule has 0 radical (unpaired) electrons. The molecule has 4 saturated carbocycles. The predicted molar refractivity (Wildman–Crippen MR) is 110 cm³/mol. The highest BCUT2D eigenvalue weighted by atomic mass is 16.5. The number of hydrogen-bond acceptors (Lipinski definition) is 3. The Morgan fingerprint density at radius 3 is 2.41 bits per heavy atom.